The molecule has 0 unspecified atom stereocenters. The number of ether oxygens (including phenoxy) is 2. The molecule has 1 aromatic carbocycles. The molecule has 1 rings (SSSR count). The number of carbonyl (C=O) groups excluding carboxylic acids is 1. The van der Waals surface area contributed by atoms with Gasteiger partial charge in [0.25, 0.3) is 0 Å². The van der Waals surface area contributed by atoms with E-state index in [2.05, 4.69) is 19.9 Å². The van der Waals surface area contributed by atoms with Crippen molar-refractivity contribution in [3.8, 4) is 5.75 Å². The molecule has 0 fully saturated rings. The summed E-state index contributed by atoms with van der Waals surface area (Å²) in [5.74, 6) is 0.692. The minimum atomic E-state index is -0.579. The minimum absolute atomic E-state index is 0.405. The Labute approximate surface area is 166 Å². The molecule has 1 aromatic rings. The molecule has 3 heteroatoms. The van der Waals surface area contributed by atoms with Crippen LogP contribution in [0.25, 0.3) is 0 Å². The molecule has 0 bridgehead atoms. The van der Waals surface area contributed by atoms with Crippen molar-refractivity contribution in [3.05, 3.63) is 29.3 Å². The summed E-state index contributed by atoms with van der Waals surface area (Å²) in [6.07, 6.45) is 14.8. The highest BCUT2D eigenvalue weighted by molar-refractivity contribution is 5.65. The van der Waals surface area contributed by atoms with Gasteiger partial charge in [0.1, 0.15) is 5.75 Å². The predicted octanol–water partition coefficient (Wildman–Crippen LogP) is 7.64. The second-order valence-electron chi connectivity index (χ2n) is 7.42. The van der Waals surface area contributed by atoms with Crippen molar-refractivity contribution in [2.24, 2.45) is 0 Å². The molecule has 0 aliphatic heterocycles. The van der Waals surface area contributed by atoms with E-state index in [1.807, 2.05) is 19.1 Å². The summed E-state index contributed by atoms with van der Waals surface area (Å²) in [6, 6.07) is 6.12. The monoisotopic (exact) mass is 376 g/mol. The molecule has 3 nitrogen and oxygen atoms in total. The van der Waals surface area contributed by atoms with Gasteiger partial charge in [0.15, 0.2) is 0 Å². The van der Waals surface area contributed by atoms with E-state index in [9.17, 15) is 4.79 Å². The molecule has 0 aliphatic carbocycles. The van der Waals surface area contributed by atoms with Crippen LogP contribution in [0, 0.1) is 0 Å². The Morgan fingerprint density at radius 2 is 1.41 bits per heavy atom. The normalized spacial score (nSPS) is 10.8. The zero-order valence-corrected chi connectivity index (χ0v) is 17.9. The molecule has 0 spiro atoms. The molecule has 0 atom stereocenters. The van der Waals surface area contributed by atoms with E-state index < -0.39 is 6.16 Å². The molecular formula is C24H40O3. The van der Waals surface area contributed by atoms with Crippen LogP contribution in [0.2, 0.25) is 0 Å². The molecule has 27 heavy (non-hydrogen) atoms. The molecule has 0 saturated carbocycles. The van der Waals surface area contributed by atoms with Gasteiger partial charge in [0, 0.05) is 0 Å². The van der Waals surface area contributed by atoms with Gasteiger partial charge < -0.3 is 9.47 Å². The molecular weight excluding hydrogens is 336 g/mol. The average molecular weight is 377 g/mol. The third-order valence-electron chi connectivity index (χ3n) is 4.93. The topological polar surface area (TPSA) is 35.5 Å². The fraction of sp³-hybridized carbons (Fsp3) is 0.708. The van der Waals surface area contributed by atoms with Crippen LogP contribution >= 0.6 is 0 Å². The van der Waals surface area contributed by atoms with E-state index >= 15 is 0 Å². The Morgan fingerprint density at radius 1 is 0.778 bits per heavy atom. The van der Waals surface area contributed by atoms with E-state index in [0.717, 1.165) is 25.7 Å². The summed E-state index contributed by atoms with van der Waals surface area (Å²) in [7, 11) is 0. The first-order valence-electron chi connectivity index (χ1n) is 11.2. The average Bonchev–Trinajstić information content (AvgIpc) is 2.67. The third-order valence-corrected chi connectivity index (χ3v) is 4.93. The van der Waals surface area contributed by atoms with Crippen LogP contribution in [0.15, 0.2) is 18.2 Å². The zero-order valence-electron chi connectivity index (χ0n) is 17.9. The van der Waals surface area contributed by atoms with Crippen LogP contribution in [0.1, 0.15) is 103 Å². The number of unbranched alkanes of at least 4 members (excludes halogenated alkanes) is 8. The number of hydrogen-bond donors (Lipinski definition) is 0. The molecule has 0 aromatic heterocycles. The zero-order chi connectivity index (χ0) is 19.7. The summed E-state index contributed by atoms with van der Waals surface area (Å²) in [5.41, 5.74) is 2.54. The molecule has 0 aliphatic rings. The first-order chi connectivity index (χ1) is 13.2. The summed E-state index contributed by atoms with van der Waals surface area (Å²) >= 11 is 0. The first-order valence-corrected chi connectivity index (χ1v) is 11.2. The van der Waals surface area contributed by atoms with Crippen molar-refractivity contribution in [1.82, 2.24) is 0 Å². The highest BCUT2D eigenvalue weighted by Crippen LogP contribution is 2.27. The number of carbonyl (C=O) groups is 1. The standard InChI is InChI=1S/C24H40O3/c1-4-7-9-11-13-16-21-17-15-19-23(27-24(25)26-20-6-3)22(21)18-14-12-10-8-5-2/h15,17,19H,4-14,16,18,20H2,1-3H3. The Morgan fingerprint density at radius 3 is 2.04 bits per heavy atom. The summed E-state index contributed by atoms with van der Waals surface area (Å²) < 4.78 is 10.7. The van der Waals surface area contributed by atoms with Crippen molar-refractivity contribution in [1.29, 1.82) is 0 Å². The lowest BCUT2D eigenvalue weighted by Crippen LogP contribution is -2.13. The summed E-state index contributed by atoms with van der Waals surface area (Å²) in [6.45, 7) is 6.87. The molecule has 0 heterocycles. The van der Waals surface area contributed by atoms with Gasteiger partial charge in [0.2, 0.25) is 0 Å². The maximum absolute atomic E-state index is 11.9. The Bertz CT molecular complexity index is 510. The van der Waals surface area contributed by atoms with Crippen molar-refractivity contribution >= 4 is 6.16 Å². The van der Waals surface area contributed by atoms with Gasteiger partial charge in [-0.2, -0.15) is 0 Å². The van der Waals surface area contributed by atoms with Gasteiger partial charge in [-0.05, 0) is 49.3 Å². The van der Waals surface area contributed by atoms with E-state index in [1.54, 1.807) is 0 Å². The second kappa shape index (κ2) is 15.5. The lowest BCUT2D eigenvalue weighted by atomic mass is 9.95. The van der Waals surface area contributed by atoms with Gasteiger partial charge in [-0.25, -0.2) is 4.79 Å². The molecule has 0 N–H and O–H groups in total. The lowest BCUT2D eigenvalue weighted by Gasteiger charge is -2.15. The highest BCUT2D eigenvalue weighted by atomic mass is 16.7. The number of aryl methyl sites for hydroxylation is 1. The van der Waals surface area contributed by atoms with Crippen molar-refractivity contribution in [2.45, 2.75) is 104 Å². The van der Waals surface area contributed by atoms with Gasteiger partial charge in [0.05, 0.1) is 6.61 Å². The van der Waals surface area contributed by atoms with Gasteiger partial charge in [-0.3, -0.25) is 0 Å². The van der Waals surface area contributed by atoms with Crippen molar-refractivity contribution < 1.29 is 14.3 Å². The van der Waals surface area contributed by atoms with E-state index in [0.29, 0.717) is 12.4 Å². The number of benzene rings is 1. The largest absolute Gasteiger partial charge is 0.513 e. The van der Waals surface area contributed by atoms with Crippen LogP contribution in [0.4, 0.5) is 4.79 Å². The van der Waals surface area contributed by atoms with Gasteiger partial charge in [-0.15, -0.1) is 0 Å². The fourth-order valence-corrected chi connectivity index (χ4v) is 3.35. The first kappa shape index (κ1) is 23.5. The predicted molar refractivity (Wildman–Crippen MR) is 114 cm³/mol. The maximum atomic E-state index is 11.9. The molecule has 154 valence electrons. The molecule has 0 radical (unpaired) electrons. The van der Waals surface area contributed by atoms with Crippen LogP contribution in [0.3, 0.4) is 0 Å². The molecule has 0 saturated heterocycles. The minimum Gasteiger partial charge on any atom is -0.434 e. The Hall–Kier alpha value is -1.51. The van der Waals surface area contributed by atoms with Gasteiger partial charge in [-0.1, -0.05) is 84.3 Å². The quantitative estimate of drug-likeness (QED) is 0.179. The van der Waals surface area contributed by atoms with Crippen LogP contribution < -0.4 is 4.74 Å². The maximum Gasteiger partial charge on any atom is 0.513 e. The second-order valence-corrected chi connectivity index (χ2v) is 7.42. The third kappa shape index (κ3) is 10.4. The van der Waals surface area contributed by atoms with Crippen LogP contribution in [0.5, 0.6) is 5.75 Å². The van der Waals surface area contributed by atoms with Crippen LogP contribution in [-0.2, 0) is 17.6 Å². The Kier molecular flexibility index (Phi) is 13.5. The fourth-order valence-electron chi connectivity index (χ4n) is 3.35. The molecule has 0 amide bonds. The number of rotatable bonds is 15. The summed E-state index contributed by atoms with van der Waals surface area (Å²) in [5, 5.41) is 0. The SMILES string of the molecule is CCCCCCCc1cccc(OC(=O)OCCC)c1CCCCCCC. The van der Waals surface area contributed by atoms with E-state index in [-0.39, 0.29) is 0 Å². The highest BCUT2D eigenvalue weighted by Gasteiger charge is 2.14. The number of hydrogen-bond acceptors (Lipinski definition) is 3. The van der Waals surface area contributed by atoms with Gasteiger partial charge >= 0.3 is 6.16 Å². The van der Waals surface area contributed by atoms with Crippen molar-refractivity contribution in [3.63, 3.8) is 0 Å². The Balaban J connectivity index is 2.73. The lowest BCUT2D eigenvalue weighted by molar-refractivity contribution is 0.0988. The van der Waals surface area contributed by atoms with E-state index in [1.165, 1.54) is 68.9 Å². The summed E-state index contributed by atoms with van der Waals surface area (Å²) in [4.78, 5) is 11.9. The smallest absolute Gasteiger partial charge is 0.434 e. The van der Waals surface area contributed by atoms with Crippen molar-refractivity contribution in [2.75, 3.05) is 6.61 Å². The van der Waals surface area contributed by atoms with Crippen LogP contribution in [-0.4, -0.2) is 12.8 Å². The van der Waals surface area contributed by atoms with E-state index in [4.69, 9.17) is 9.47 Å².